The summed E-state index contributed by atoms with van der Waals surface area (Å²) in [5.74, 6) is 2.49. The Hall–Kier alpha value is -0.850. The zero-order chi connectivity index (χ0) is 14.8. The van der Waals surface area contributed by atoms with Gasteiger partial charge in [-0.3, -0.25) is 14.9 Å². The summed E-state index contributed by atoms with van der Waals surface area (Å²) in [4.78, 5) is 13.4. The number of rotatable bonds is 3. The van der Waals surface area contributed by atoms with Crippen LogP contribution in [0.15, 0.2) is 20.5 Å². The molecule has 1 saturated heterocycles. The van der Waals surface area contributed by atoms with Crippen molar-refractivity contribution in [2.45, 2.75) is 26.1 Å². The lowest BCUT2D eigenvalue weighted by atomic mass is 9.97. The molecule has 3 rings (SSSR count). The van der Waals surface area contributed by atoms with E-state index in [2.05, 4.69) is 36.0 Å². The number of morpholine rings is 1. The highest BCUT2D eigenvalue weighted by Gasteiger charge is 2.38. The molecule has 0 saturated carbocycles. The number of hydrogen-bond donors (Lipinski definition) is 1. The van der Waals surface area contributed by atoms with E-state index in [0.717, 1.165) is 51.1 Å². The first-order valence-corrected chi connectivity index (χ1v) is 8.59. The minimum absolute atomic E-state index is 0.271. The van der Waals surface area contributed by atoms with E-state index in [4.69, 9.17) is 9.73 Å². The van der Waals surface area contributed by atoms with Crippen LogP contribution in [0.5, 0.6) is 0 Å². The number of allylic oxidation sites excluding steroid dienone is 1. The van der Waals surface area contributed by atoms with E-state index < -0.39 is 0 Å². The molecular formula is C15H24N4OS. The fourth-order valence-corrected chi connectivity index (χ4v) is 4.31. The van der Waals surface area contributed by atoms with Gasteiger partial charge in [0.05, 0.1) is 25.7 Å². The minimum Gasteiger partial charge on any atom is -0.379 e. The Morgan fingerprint density at radius 3 is 2.86 bits per heavy atom. The maximum atomic E-state index is 5.41. The van der Waals surface area contributed by atoms with Crippen molar-refractivity contribution in [3.8, 4) is 0 Å². The van der Waals surface area contributed by atoms with Gasteiger partial charge in [0.25, 0.3) is 0 Å². The van der Waals surface area contributed by atoms with Crippen molar-refractivity contribution in [2.24, 2.45) is 15.9 Å². The Morgan fingerprint density at radius 2 is 2.14 bits per heavy atom. The minimum atomic E-state index is 0.271. The number of nitrogens with one attached hydrogen (secondary N) is 1. The number of aliphatic imine (C=N–C) groups is 2. The predicted molar refractivity (Wildman–Crippen MR) is 89.0 cm³/mol. The molecule has 3 heterocycles. The van der Waals surface area contributed by atoms with E-state index in [1.807, 2.05) is 11.8 Å². The summed E-state index contributed by atoms with van der Waals surface area (Å²) < 4.78 is 5.41. The van der Waals surface area contributed by atoms with Gasteiger partial charge < -0.3 is 10.1 Å². The average Bonchev–Trinajstić information content (AvgIpc) is 2.75. The summed E-state index contributed by atoms with van der Waals surface area (Å²) in [5.41, 5.74) is 1.42. The van der Waals surface area contributed by atoms with E-state index in [9.17, 15) is 0 Å². The van der Waals surface area contributed by atoms with Crippen molar-refractivity contribution in [3.63, 3.8) is 0 Å². The number of fused-ring (bicyclic) bond motifs is 1. The largest absolute Gasteiger partial charge is 0.379 e. The summed E-state index contributed by atoms with van der Waals surface area (Å²) >= 11 is 1.88. The standard InChI is InChI=1S/C15H24N4OS/c1-4-16-14-13-10(2)11(3)21-15(13)18-12(17-14)9-19-5-7-20-8-6-19/h13,15H,4-9H2,1-3H3,(H,16,17,18)/t13-,15+/m0/s1. The molecule has 21 heavy (non-hydrogen) atoms. The third-order valence-electron chi connectivity index (χ3n) is 4.26. The van der Waals surface area contributed by atoms with Crippen molar-refractivity contribution >= 4 is 23.4 Å². The highest BCUT2D eigenvalue weighted by atomic mass is 32.2. The van der Waals surface area contributed by atoms with E-state index in [0.29, 0.717) is 5.92 Å². The average molecular weight is 308 g/mol. The van der Waals surface area contributed by atoms with Crippen LogP contribution in [0.25, 0.3) is 0 Å². The normalized spacial score (nSPS) is 32.1. The van der Waals surface area contributed by atoms with Crippen LogP contribution in [0.4, 0.5) is 0 Å². The molecule has 0 bridgehead atoms. The summed E-state index contributed by atoms with van der Waals surface area (Å²) in [7, 11) is 0. The van der Waals surface area contributed by atoms with Gasteiger partial charge >= 0.3 is 0 Å². The van der Waals surface area contributed by atoms with Crippen LogP contribution in [-0.4, -0.2) is 61.3 Å². The fourth-order valence-electron chi connectivity index (χ4n) is 2.99. The van der Waals surface area contributed by atoms with Crippen LogP contribution in [0.1, 0.15) is 20.8 Å². The Balaban J connectivity index is 1.76. The van der Waals surface area contributed by atoms with Crippen molar-refractivity contribution in [1.29, 1.82) is 0 Å². The maximum Gasteiger partial charge on any atom is 0.117 e. The van der Waals surface area contributed by atoms with Crippen LogP contribution in [0, 0.1) is 5.92 Å². The van der Waals surface area contributed by atoms with Crippen molar-refractivity contribution in [1.82, 2.24) is 10.2 Å². The molecule has 1 fully saturated rings. The fraction of sp³-hybridized carbons (Fsp3) is 0.733. The summed E-state index contributed by atoms with van der Waals surface area (Å²) in [6, 6.07) is 0. The lowest BCUT2D eigenvalue weighted by Crippen LogP contribution is -2.50. The van der Waals surface area contributed by atoms with Gasteiger partial charge in [0.15, 0.2) is 0 Å². The second-order valence-electron chi connectivity index (χ2n) is 5.67. The molecule has 3 aliphatic heterocycles. The van der Waals surface area contributed by atoms with Gasteiger partial charge in [-0.15, -0.1) is 11.8 Å². The summed E-state index contributed by atoms with van der Waals surface area (Å²) in [6.07, 6.45) is 0. The van der Waals surface area contributed by atoms with Crippen LogP contribution in [0.2, 0.25) is 0 Å². The molecule has 0 amide bonds. The SMILES string of the molecule is CCN=C1NC(CN2CCOCC2)=N[C@@H]2SC(C)=C(C)[C@@H]12. The molecule has 0 radical (unpaired) electrons. The molecule has 116 valence electrons. The van der Waals surface area contributed by atoms with Crippen LogP contribution >= 0.6 is 11.8 Å². The van der Waals surface area contributed by atoms with Gasteiger partial charge in [0.2, 0.25) is 0 Å². The third-order valence-corrected chi connectivity index (χ3v) is 5.55. The van der Waals surface area contributed by atoms with Crippen molar-refractivity contribution in [3.05, 3.63) is 10.5 Å². The van der Waals surface area contributed by atoms with E-state index >= 15 is 0 Å². The first-order valence-electron chi connectivity index (χ1n) is 7.71. The molecule has 0 spiro atoms. The molecule has 3 aliphatic rings. The van der Waals surface area contributed by atoms with E-state index in [1.165, 1.54) is 10.5 Å². The molecule has 1 N–H and O–H groups in total. The number of amidine groups is 2. The second kappa shape index (κ2) is 6.50. The number of ether oxygens (including phenoxy) is 1. The van der Waals surface area contributed by atoms with Gasteiger partial charge in [0.1, 0.15) is 17.0 Å². The van der Waals surface area contributed by atoms with Gasteiger partial charge in [-0.25, -0.2) is 0 Å². The zero-order valence-corrected chi connectivity index (χ0v) is 13.9. The van der Waals surface area contributed by atoms with Crippen LogP contribution < -0.4 is 5.32 Å². The first kappa shape index (κ1) is 15.1. The van der Waals surface area contributed by atoms with Crippen LogP contribution in [0.3, 0.4) is 0 Å². The topological polar surface area (TPSA) is 49.2 Å². The smallest absolute Gasteiger partial charge is 0.117 e. The molecular weight excluding hydrogens is 284 g/mol. The van der Waals surface area contributed by atoms with Crippen LogP contribution in [-0.2, 0) is 4.74 Å². The molecule has 0 aromatic carbocycles. The number of nitrogens with zero attached hydrogens (tertiary/aromatic N) is 3. The van der Waals surface area contributed by atoms with Gasteiger partial charge in [-0.05, 0) is 25.7 Å². The summed E-state index contributed by atoms with van der Waals surface area (Å²) in [6.45, 7) is 11.8. The van der Waals surface area contributed by atoms with Gasteiger partial charge in [-0.1, -0.05) is 5.57 Å². The van der Waals surface area contributed by atoms with E-state index in [-0.39, 0.29) is 5.37 Å². The maximum absolute atomic E-state index is 5.41. The van der Waals surface area contributed by atoms with E-state index in [1.54, 1.807) is 0 Å². The highest BCUT2D eigenvalue weighted by molar-refractivity contribution is 8.04. The lowest BCUT2D eigenvalue weighted by molar-refractivity contribution is 0.0450. The highest BCUT2D eigenvalue weighted by Crippen LogP contribution is 2.43. The Bertz CT molecular complexity index is 494. The Kier molecular flexibility index (Phi) is 4.66. The van der Waals surface area contributed by atoms with Gasteiger partial charge in [-0.2, -0.15) is 0 Å². The Morgan fingerprint density at radius 1 is 1.38 bits per heavy atom. The van der Waals surface area contributed by atoms with Crippen molar-refractivity contribution in [2.75, 3.05) is 39.4 Å². The van der Waals surface area contributed by atoms with Crippen molar-refractivity contribution < 1.29 is 4.74 Å². The molecule has 6 heteroatoms. The number of hydrogen-bond acceptors (Lipinski definition) is 5. The molecule has 0 aliphatic carbocycles. The third kappa shape index (κ3) is 3.17. The zero-order valence-electron chi connectivity index (χ0n) is 13.1. The monoisotopic (exact) mass is 308 g/mol. The Labute approximate surface area is 130 Å². The summed E-state index contributed by atoms with van der Waals surface area (Å²) in [5, 5.41) is 3.76. The molecule has 5 nitrogen and oxygen atoms in total. The first-order chi connectivity index (χ1) is 10.2. The van der Waals surface area contributed by atoms with Gasteiger partial charge in [0, 0.05) is 19.6 Å². The quantitative estimate of drug-likeness (QED) is 0.862. The second-order valence-corrected chi connectivity index (χ2v) is 7.01. The molecule has 0 unspecified atom stereocenters. The predicted octanol–water partition coefficient (Wildman–Crippen LogP) is 1.72. The molecule has 0 aromatic heterocycles. The number of thioether (sulfide) groups is 1. The molecule has 2 atom stereocenters. The molecule has 0 aromatic rings. The lowest BCUT2D eigenvalue weighted by Gasteiger charge is -2.32.